The van der Waals surface area contributed by atoms with Crippen LogP contribution in [0.15, 0.2) is 36.5 Å². The summed E-state index contributed by atoms with van der Waals surface area (Å²) in [7, 11) is 1.61. The van der Waals surface area contributed by atoms with Gasteiger partial charge in [-0.05, 0) is 43.7 Å². The summed E-state index contributed by atoms with van der Waals surface area (Å²) in [6.45, 7) is 15.2. The van der Waals surface area contributed by atoms with E-state index in [1.54, 1.807) is 42.3 Å². The molecule has 1 atom stereocenters. The Morgan fingerprint density at radius 2 is 1.35 bits per heavy atom. The van der Waals surface area contributed by atoms with Crippen molar-refractivity contribution < 1.29 is 48.0 Å². The molecule has 16 nitrogen and oxygen atoms in total. The Labute approximate surface area is 320 Å². The molecule has 2 rings (SSSR count). The van der Waals surface area contributed by atoms with Gasteiger partial charge in [0, 0.05) is 45.1 Å². The Morgan fingerprint density at radius 1 is 0.796 bits per heavy atom. The van der Waals surface area contributed by atoms with Crippen LogP contribution < -0.4 is 10.6 Å². The van der Waals surface area contributed by atoms with E-state index in [-0.39, 0.29) is 30.6 Å². The van der Waals surface area contributed by atoms with Crippen molar-refractivity contribution in [3.63, 3.8) is 0 Å². The lowest BCUT2D eigenvalue weighted by Gasteiger charge is -2.27. The summed E-state index contributed by atoms with van der Waals surface area (Å²) >= 11 is 0. The first-order valence-corrected chi connectivity index (χ1v) is 19.0. The molecule has 0 spiro atoms. The summed E-state index contributed by atoms with van der Waals surface area (Å²) in [5, 5.41) is 22.3. The van der Waals surface area contributed by atoms with Gasteiger partial charge >= 0.3 is 5.97 Å². The van der Waals surface area contributed by atoms with E-state index in [9.17, 15) is 19.2 Å². The highest BCUT2D eigenvalue weighted by Gasteiger charge is 2.26. The topological polar surface area (TPSA) is 193 Å². The molecule has 1 unspecified atom stereocenters. The van der Waals surface area contributed by atoms with Gasteiger partial charge in [0.15, 0.2) is 0 Å². The second kappa shape index (κ2) is 31.4. The fraction of sp³-hybridized carbons (Fsp3) is 0.684. The third-order valence-electron chi connectivity index (χ3n) is 7.60. The Balaban J connectivity index is 0.000000553. The quantitative estimate of drug-likeness (QED) is 0.0985. The van der Waals surface area contributed by atoms with Crippen LogP contribution in [0.1, 0.15) is 82.3 Å². The summed E-state index contributed by atoms with van der Waals surface area (Å²) in [4.78, 5) is 48.6. The second-order valence-corrected chi connectivity index (χ2v) is 12.7. The molecular weight excluding hydrogens is 700 g/mol. The van der Waals surface area contributed by atoms with E-state index in [1.807, 2.05) is 24.7 Å². The molecule has 1 aromatic heterocycles. The number of amides is 3. The van der Waals surface area contributed by atoms with Gasteiger partial charge in [0.2, 0.25) is 11.8 Å². The lowest BCUT2D eigenvalue weighted by Crippen LogP contribution is -2.49. The lowest BCUT2D eigenvalue weighted by atomic mass is 10.1. The van der Waals surface area contributed by atoms with Crippen molar-refractivity contribution in [2.45, 2.75) is 85.4 Å². The smallest absolute Gasteiger partial charge is 0.303 e. The molecule has 0 radical (unpaired) electrons. The third-order valence-corrected chi connectivity index (χ3v) is 7.60. The van der Waals surface area contributed by atoms with Crippen LogP contribution in [0.5, 0.6) is 0 Å². The number of carbonyl (C=O) groups excluding carboxylic acids is 3. The minimum atomic E-state index is -0.987. The number of hydrogen-bond acceptors (Lipinski definition) is 11. The Hall–Kier alpha value is -3.96. The molecule has 0 bridgehead atoms. The number of hydrogen-bond donors (Lipinski definition) is 3. The van der Waals surface area contributed by atoms with E-state index < -0.39 is 12.0 Å². The normalized spacial score (nSPS) is 11.4. The predicted molar refractivity (Wildman–Crippen MR) is 203 cm³/mol. The van der Waals surface area contributed by atoms with Gasteiger partial charge in [-0.2, -0.15) is 0 Å². The zero-order valence-corrected chi connectivity index (χ0v) is 33.0. The van der Waals surface area contributed by atoms with Crippen molar-refractivity contribution in [1.29, 1.82) is 0 Å². The first-order chi connectivity index (χ1) is 26.1. The molecule has 2 aromatic rings. The summed E-state index contributed by atoms with van der Waals surface area (Å²) in [6, 6.07) is 7.77. The molecular formula is C38H64N6O10. The zero-order chi connectivity index (χ0) is 39.8. The number of ether oxygens (including phenoxy) is 5. The van der Waals surface area contributed by atoms with Crippen molar-refractivity contribution in [2.75, 3.05) is 79.6 Å². The van der Waals surface area contributed by atoms with Crippen LogP contribution in [0.3, 0.4) is 0 Å². The molecule has 0 aliphatic carbocycles. The first-order valence-electron chi connectivity index (χ1n) is 19.0. The van der Waals surface area contributed by atoms with E-state index in [4.69, 9.17) is 28.8 Å². The zero-order valence-electron chi connectivity index (χ0n) is 33.0. The number of rotatable bonds is 30. The number of carbonyl (C=O) groups is 4. The largest absolute Gasteiger partial charge is 0.481 e. The predicted octanol–water partition coefficient (Wildman–Crippen LogP) is 3.34. The highest BCUT2D eigenvalue weighted by atomic mass is 16.6. The van der Waals surface area contributed by atoms with Crippen LogP contribution in [0.2, 0.25) is 0 Å². The van der Waals surface area contributed by atoms with E-state index in [0.29, 0.717) is 97.1 Å². The molecule has 3 N–H and O–H groups in total. The molecule has 1 aromatic carbocycles. The van der Waals surface area contributed by atoms with Crippen molar-refractivity contribution in [2.24, 2.45) is 5.92 Å². The van der Waals surface area contributed by atoms with Crippen molar-refractivity contribution in [3.8, 4) is 0 Å². The van der Waals surface area contributed by atoms with Gasteiger partial charge in [0.25, 0.3) is 5.91 Å². The lowest BCUT2D eigenvalue weighted by molar-refractivity contribution is -0.138. The van der Waals surface area contributed by atoms with E-state index in [2.05, 4.69) is 34.8 Å². The summed E-state index contributed by atoms with van der Waals surface area (Å²) in [6.07, 6.45) is 4.91. The number of benzene rings is 1. The summed E-state index contributed by atoms with van der Waals surface area (Å²) < 4.78 is 28.9. The summed E-state index contributed by atoms with van der Waals surface area (Å²) in [5.74, 6) is -0.954. The highest BCUT2D eigenvalue weighted by Crippen LogP contribution is 2.08. The van der Waals surface area contributed by atoms with Gasteiger partial charge < -0.3 is 44.3 Å². The van der Waals surface area contributed by atoms with Gasteiger partial charge in [-0.3, -0.25) is 23.9 Å². The molecule has 0 aliphatic rings. The van der Waals surface area contributed by atoms with Gasteiger partial charge in [-0.15, -0.1) is 5.10 Å². The molecule has 306 valence electrons. The van der Waals surface area contributed by atoms with Gasteiger partial charge in [-0.1, -0.05) is 51.1 Å². The number of nitrogens with one attached hydrogen (secondary N) is 2. The number of carboxylic acid groups (broad SMARTS) is 1. The van der Waals surface area contributed by atoms with E-state index >= 15 is 0 Å². The molecule has 1 heterocycles. The van der Waals surface area contributed by atoms with Gasteiger partial charge in [0.1, 0.15) is 11.7 Å². The standard InChI is InChI=1S/C20H38N4O6.C18H26N2O4/c1-18(2)4-6-24-16-19(22-23-24)17-30-15-14-29-13-12-28-11-10-27-9-8-26-7-5-20(25)21-3;1-3-12-20(13-4-2)18(24)15(10-11-16(21)22)19-17(23)14-8-6-5-7-9-14/h16,18H,4-15,17H2,1-3H3,(H,21,25);5-9,15H,3-4,10-13H2,1-2H3,(H,19,23)(H,21,22). The summed E-state index contributed by atoms with van der Waals surface area (Å²) in [5.41, 5.74) is 1.28. The van der Waals surface area contributed by atoms with E-state index in [0.717, 1.165) is 31.5 Å². The highest BCUT2D eigenvalue weighted by molar-refractivity contribution is 5.97. The maximum absolute atomic E-state index is 12.7. The van der Waals surface area contributed by atoms with E-state index in [1.165, 1.54) is 0 Å². The van der Waals surface area contributed by atoms with Crippen LogP contribution in [-0.2, 0) is 51.2 Å². The van der Waals surface area contributed by atoms with Crippen molar-refractivity contribution >= 4 is 23.7 Å². The van der Waals surface area contributed by atoms with Crippen LogP contribution in [-0.4, -0.2) is 134 Å². The second-order valence-electron chi connectivity index (χ2n) is 12.7. The molecule has 0 saturated carbocycles. The van der Waals surface area contributed by atoms with Crippen LogP contribution in [0.4, 0.5) is 0 Å². The Morgan fingerprint density at radius 3 is 1.87 bits per heavy atom. The molecule has 3 amide bonds. The fourth-order valence-corrected chi connectivity index (χ4v) is 4.70. The number of aryl methyl sites for hydroxylation is 1. The molecule has 0 fully saturated rings. The third kappa shape index (κ3) is 24.4. The van der Waals surface area contributed by atoms with Gasteiger partial charge in [-0.25, -0.2) is 0 Å². The molecule has 54 heavy (non-hydrogen) atoms. The number of aliphatic carboxylic acids is 1. The van der Waals surface area contributed by atoms with Crippen molar-refractivity contribution in [1.82, 2.24) is 30.5 Å². The number of nitrogens with zero attached hydrogens (tertiary/aromatic N) is 4. The van der Waals surface area contributed by atoms with Crippen LogP contribution >= 0.6 is 0 Å². The fourth-order valence-electron chi connectivity index (χ4n) is 4.70. The Bertz CT molecular complexity index is 1270. The minimum absolute atomic E-state index is 0.0281. The first kappa shape index (κ1) is 48.1. The maximum atomic E-state index is 12.7. The van der Waals surface area contributed by atoms with Crippen LogP contribution in [0, 0.1) is 5.92 Å². The van der Waals surface area contributed by atoms with Gasteiger partial charge in [0.05, 0.1) is 72.3 Å². The Kier molecular flexibility index (Phi) is 27.9. The monoisotopic (exact) mass is 764 g/mol. The average molecular weight is 765 g/mol. The van der Waals surface area contributed by atoms with Crippen molar-refractivity contribution in [3.05, 3.63) is 47.8 Å². The minimum Gasteiger partial charge on any atom is -0.481 e. The average Bonchev–Trinajstić information content (AvgIpc) is 3.63. The molecule has 0 aliphatic heterocycles. The number of carboxylic acids is 1. The molecule has 0 saturated heterocycles. The molecule has 16 heteroatoms. The number of aromatic nitrogens is 3. The maximum Gasteiger partial charge on any atom is 0.303 e. The van der Waals surface area contributed by atoms with Crippen LogP contribution in [0.25, 0.3) is 0 Å². The SMILES string of the molecule is CCCN(CCC)C(=O)C(CCC(=O)O)NC(=O)c1ccccc1.CNC(=O)CCOCCOCCOCCOCCOCc1cn(CCC(C)C)nn1.